The molecule has 0 fully saturated rings. The second-order valence-electron chi connectivity index (χ2n) is 7.87. The lowest BCUT2D eigenvalue weighted by Crippen LogP contribution is -2.25. The first-order chi connectivity index (χ1) is 8.18. The van der Waals surface area contributed by atoms with Crippen LogP contribution in [0.3, 0.4) is 0 Å². The molecule has 0 aromatic carbocycles. The van der Waals surface area contributed by atoms with Crippen molar-refractivity contribution in [3.8, 4) is 0 Å². The van der Waals surface area contributed by atoms with Crippen molar-refractivity contribution in [2.75, 3.05) is 13.1 Å². The lowest BCUT2D eigenvalue weighted by molar-refractivity contribution is 0.302. The van der Waals surface area contributed by atoms with Crippen molar-refractivity contribution >= 4 is 0 Å². The second kappa shape index (κ2) is 4.32. The fourth-order valence-electron chi connectivity index (χ4n) is 2.56. The van der Waals surface area contributed by atoms with E-state index in [0.717, 1.165) is 13.1 Å². The molecule has 0 spiro atoms. The van der Waals surface area contributed by atoms with Gasteiger partial charge in [-0.2, -0.15) is 0 Å². The van der Waals surface area contributed by atoms with E-state index in [1.807, 2.05) is 0 Å². The van der Waals surface area contributed by atoms with Crippen molar-refractivity contribution < 1.29 is 0 Å². The van der Waals surface area contributed by atoms with Gasteiger partial charge in [0.05, 0.1) is 11.4 Å². The van der Waals surface area contributed by atoms with E-state index < -0.39 is 0 Å². The first-order valence-corrected chi connectivity index (χ1v) is 7.09. The van der Waals surface area contributed by atoms with E-state index in [9.17, 15) is 0 Å². The van der Waals surface area contributed by atoms with Gasteiger partial charge in [-0.3, -0.25) is 0 Å². The highest BCUT2D eigenvalue weighted by molar-refractivity contribution is 5.35. The Bertz CT molecular complexity index is 339. The SMILES string of the molecule is CC(C)(C)[C@@H]1C=C(C2=C[C@@H](C(C)(C)C)CN2)NC1. The van der Waals surface area contributed by atoms with Crippen LogP contribution in [0.1, 0.15) is 41.5 Å². The molecule has 2 aliphatic rings. The molecule has 0 amide bonds. The van der Waals surface area contributed by atoms with Crippen LogP contribution in [0.2, 0.25) is 0 Å². The van der Waals surface area contributed by atoms with Crippen LogP contribution in [-0.2, 0) is 0 Å². The summed E-state index contributed by atoms with van der Waals surface area (Å²) in [5, 5.41) is 7.11. The van der Waals surface area contributed by atoms with Gasteiger partial charge in [0.2, 0.25) is 0 Å². The maximum atomic E-state index is 3.56. The molecule has 0 radical (unpaired) electrons. The van der Waals surface area contributed by atoms with Crippen LogP contribution in [0.4, 0.5) is 0 Å². The lowest BCUT2D eigenvalue weighted by Gasteiger charge is -2.24. The minimum absolute atomic E-state index is 0.345. The van der Waals surface area contributed by atoms with Crippen LogP contribution in [0.5, 0.6) is 0 Å². The maximum Gasteiger partial charge on any atom is 0.0536 e. The van der Waals surface area contributed by atoms with Gasteiger partial charge in [0.1, 0.15) is 0 Å². The van der Waals surface area contributed by atoms with Crippen LogP contribution in [0.25, 0.3) is 0 Å². The van der Waals surface area contributed by atoms with E-state index in [4.69, 9.17) is 0 Å². The monoisotopic (exact) mass is 248 g/mol. The van der Waals surface area contributed by atoms with Crippen molar-refractivity contribution in [1.82, 2.24) is 10.6 Å². The van der Waals surface area contributed by atoms with Gasteiger partial charge < -0.3 is 10.6 Å². The third kappa shape index (κ3) is 2.73. The van der Waals surface area contributed by atoms with Gasteiger partial charge in [-0.1, -0.05) is 53.7 Å². The van der Waals surface area contributed by atoms with Crippen LogP contribution >= 0.6 is 0 Å². The molecule has 2 rings (SSSR count). The lowest BCUT2D eigenvalue weighted by atomic mass is 9.81. The number of hydrogen-bond acceptors (Lipinski definition) is 2. The summed E-state index contributed by atoms with van der Waals surface area (Å²) >= 11 is 0. The third-order valence-corrected chi connectivity index (χ3v) is 4.28. The Labute approximate surface area is 112 Å². The van der Waals surface area contributed by atoms with Crippen molar-refractivity contribution in [2.45, 2.75) is 41.5 Å². The number of hydrogen-bond donors (Lipinski definition) is 2. The summed E-state index contributed by atoms with van der Waals surface area (Å²) in [6.45, 7) is 16.0. The quantitative estimate of drug-likeness (QED) is 0.744. The van der Waals surface area contributed by atoms with E-state index in [-0.39, 0.29) is 0 Å². The molecule has 2 heterocycles. The minimum atomic E-state index is 0.345. The summed E-state index contributed by atoms with van der Waals surface area (Å²) in [5.74, 6) is 1.26. The number of rotatable bonds is 1. The second-order valence-corrected chi connectivity index (χ2v) is 7.87. The van der Waals surface area contributed by atoms with Crippen molar-refractivity contribution in [1.29, 1.82) is 0 Å². The molecule has 0 saturated heterocycles. The summed E-state index contributed by atoms with van der Waals surface area (Å²) < 4.78 is 0. The van der Waals surface area contributed by atoms with E-state index in [0.29, 0.717) is 22.7 Å². The Morgan fingerprint density at radius 3 is 1.33 bits per heavy atom. The highest BCUT2D eigenvalue weighted by Crippen LogP contribution is 2.35. The Balaban J connectivity index is 2.11. The molecule has 2 atom stereocenters. The predicted molar refractivity (Wildman–Crippen MR) is 78.1 cm³/mol. The zero-order valence-electron chi connectivity index (χ0n) is 12.7. The van der Waals surface area contributed by atoms with E-state index in [1.54, 1.807) is 0 Å². The predicted octanol–water partition coefficient (Wildman–Crippen LogP) is 3.29. The first-order valence-electron chi connectivity index (χ1n) is 7.09. The third-order valence-electron chi connectivity index (χ3n) is 4.28. The van der Waals surface area contributed by atoms with Gasteiger partial charge in [0, 0.05) is 24.9 Å². The van der Waals surface area contributed by atoms with E-state index in [1.165, 1.54) is 11.4 Å². The molecule has 0 aliphatic carbocycles. The van der Waals surface area contributed by atoms with Gasteiger partial charge in [-0.05, 0) is 10.8 Å². The average Bonchev–Trinajstić information content (AvgIpc) is 2.84. The fourth-order valence-corrected chi connectivity index (χ4v) is 2.56. The Hall–Kier alpha value is -0.920. The normalized spacial score (nSPS) is 28.6. The minimum Gasteiger partial charge on any atom is -0.383 e. The van der Waals surface area contributed by atoms with Crippen LogP contribution in [-0.4, -0.2) is 13.1 Å². The standard InChI is InChI=1S/C16H28N2/c1-15(2,3)11-7-13(17-9-11)14-8-12(10-18-14)16(4,5)6/h7-8,11-12,17-18H,9-10H2,1-6H3/t11-,12-/m1/s1. The molecule has 0 bridgehead atoms. The molecule has 2 heteroatoms. The van der Waals surface area contributed by atoms with Crippen LogP contribution in [0.15, 0.2) is 23.5 Å². The van der Waals surface area contributed by atoms with Gasteiger partial charge in [-0.15, -0.1) is 0 Å². The Kier molecular flexibility index (Phi) is 3.25. The molecular formula is C16H28N2. The van der Waals surface area contributed by atoms with Gasteiger partial charge >= 0.3 is 0 Å². The summed E-state index contributed by atoms with van der Waals surface area (Å²) in [4.78, 5) is 0. The molecule has 0 unspecified atom stereocenters. The molecule has 0 aromatic heterocycles. The summed E-state index contributed by atoms with van der Waals surface area (Å²) in [7, 11) is 0. The van der Waals surface area contributed by atoms with Gasteiger partial charge in [0.25, 0.3) is 0 Å². The molecule has 102 valence electrons. The van der Waals surface area contributed by atoms with Crippen molar-refractivity contribution in [3.05, 3.63) is 23.5 Å². The average molecular weight is 248 g/mol. The fraction of sp³-hybridized carbons (Fsp3) is 0.750. The van der Waals surface area contributed by atoms with Crippen LogP contribution < -0.4 is 10.6 Å². The van der Waals surface area contributed by atoms with Crippen molar-refractivity contribution in [2.24, 2.45) is 22.7 Å². The molecule has 0 saturated carbocycles. The summed E-state index contributed by atoms with van der Waals surface area (Å²) in [5.41, 5.74) is 3.30. The zero-order valence-corrected chi connectivity index (χ0v) is 12.7. The smallest absolute Gasteiger partial charge is 0.0536 e. The molecule has 2 N–H and O–H groups in total. The summed E-state index contributed by atoms with van der Waals surface area (Å²) in [6.07, 6.45) is 4.81. The van der Waals surface area contributed by atoms with Gasteiger partial charge in [0.15, 0.2) is 0 Å². The maximum absolute atomic E-state index is 3.56. The van der Waals surface area contributed by atoms with E-state index >= 15 is 0 Å². The van der Waals surface area contributed by atoms with E-state index in [2.05, 4.69) is 64.3 Å². The molecular weight excluding hydrogens is 220 g/mol. The Morgan fingerprint density at radius 1 is 0.778 bits per heavy atom. The largest absolute Gasteiger partial charge is 0.383 e. The highest BCUT2D eigenvalue weighted by Gasteiger charge is 2.32. The molecule has 18 heavy (non-hydrogen) atoms. The molecule has 0 aromatic rings. The summed E-state index contributed by atoms with van der Waals surface area (Å²) in [6, 6.07) is 0. The topological polar surface area (TPSA) is 24.1 Å². The van der Waals surface area contributed by atoms with Crippen molar-refractivity contribution in [3.63, 3.8) is 0 Å². The first kappa shape index (κ1) is 13.5. The number of nitrogens with one attached hydrogen (secondary N) is 2. The molecule has 2 aliphatic heterocycles. The Morgan fingerprint density at radius 2 is 1.11 bits per heavy atom. The molecule has 2 nitrogen and oxygen atoms in total. The van der Waals surface area contributed by atoms with Crippen LogP contribution in [0, 0.1) is 22.7 Å². The van der Waals surface area contributed by atoms with Gasteiger partial charge in [-0.25, -0.2) is 0 Å². The zero-order chi connectivity index (χ0) is 13.6. The highest BCUT2D eigenvalue weighted by atomic mass is 15.0.